The van der Waals surface area contributed by atoms with Gasteiger partial charge in [-0.2, -0.15) is 10.3 Å². The van der Waals surface area contributed by atoms with Gasteiger partial charge in [-0.25, -0.2) is 4.79 Å². The third kappa shape index (κ3) is 3.02. The van der Waals surface area contributed by atoms with E-state index in [1.165, 1.54) is 7.11 Å². The number of carbonyl (C=O) groups excluding carboxylic acids is 1. The normalized spacial score (nSPS) is 12.5. The van der Waals surface area contributed by atoms with Gasteiger partial charge in [-0.1, -0.05) is 6.92 Å². The van der Waals surface area contributed by atoms with E-state index < -0.39 is 5.97 Å². The molecule has 6 heteroatoms. The highest BCUT2D eigenvalue weighted by molar-refractivity contribution is 5.88. The zero-order valence-electron chi connectivity index (χ0n) is 9.20. The number of nitrogens with one attached hydrogen (secondary N) is 2. The number of carbonyl (C=O) groups is 1. The van der Waals surface area contributed by atoms with Gasteiger partial charge in [0.2, 0.25) is 0 Å². The van der Waals surface area contributed by atoms with Crippen LogP contribution in [0.25, 0.3) is 0 Å². The topological polar surface area (TPSA) is 79.9 Å². The molecule has 0 saturated carbocycles. The summed E-state index contributed by atoms with van der Waals surface area (Å²) < 4.78 is 4.58. The number of esters is 1. The number of ether oxygens (including phenoxy) is 1. The monoisotopic (exact) mass is 212 g/mol. The molecule has 0 fully saturated rings. The van der Waals surface area contributed by atoms with Crippen LogP contribution in [0.1, 0.15) is 36.5 Å². The molecular formula is C9H16N4O2. The van der Waals surface area contributed by atoms with E-state index in [1.54, 1.807) is 0 Å². The maximum Gasteiger partial charge on any atom is 0.360 e. The van der Waals surface area contributed by atoms with Gasteiger partial charge in [0.15, 0.2) is 5.69 Å². The van der Waals surface area contributed by atoms with Gasteiger partial charge in [0.1, 0.15) is 5.69 Å². The first-order chi connectivity index (χ1) is 7.19. The van der Waals surface area contributed by atoms with Gasteiger partial charge in [0.05, 0.1) is 7.11 Å². The molecule has 1 aromatic rings. The van der Waals surface area contributed by atoms with Crippen LogP contribution >= 0.6 is 0 Å². The highest BCUT2D eigenvalue weighted by Gasteiger charge is 2.16. The molecule has 1 atom stereocenters. The Hall–Kier alpha value is -1.43. The summed E-state index contributed by atoms with van der Waals surface area (Å²) in [5, 5.41) is 13.3. The van der Waals surface area contributed by atoms with Gasteiger partial charge >= 0.3 is 5.97 Å². The molecule has 0 radical (unpaired) electrons. The van der Waals surface area contributed by atoms with Crippen LogP contribution in [0.5, 0.6) is 0 Å². The van der Waals surface area contributed by atoms with E-state index in [4.69, 9.17) is 0 Å². The van der Waals surface area contributed by atoms with Crippen molar-refractivity contribution in [3.8, 4) is 0 Å². The molecular weight excluding hydrogens is 196 g/mol. The predicted octanol–water partition coefficient (Wildman–Crippen LogP) is 0.479. The summed E-state index contributed by atoms with van der Waals surface area (Å²) >= 11 is 0. The van der Waals surface area contributed by atoms with Crippen LogP contribution in [0.4, 0.5) is 0 Å². The van der Waals surface area contributed by atoms with Crippen molar-refractivity contribution in [1.29, 1.82) is 0 Å². The van der Waals surface area contributed by atoms with E-state index in [2.05, 4.69) is 39.3 Å². The fourth-order valence-electron chi connectivity index (χ4n) is 1.05. The lowest BCUT2D eigenvalue weighted by molar-refractivity contribution is 0.0592. The maximum atomic E-state index is 11.2. The highest BCUT2D eigenvalue weighted by atomic mass is 16.5. The fraction of sp³-hybridized carbons (Fsp3) is 0.667. The van der Waals surface area contributed by atoms with E-state index in [-0.39, 0.29) is 5.69 Å². The molecule has 0 aromatic carbocycles. The van der Waals surface area contributed by atoms with Gasteiger partial charge in [0, 0.05) is 12.6 Å². The highest BCUT2D eigenvalue weighted by Crippen LogP contribution is 2.03. The summed E-state index contributed by atoms with van der Waals surface area (Å²) in [6.45, 7) is 4.66. The number of aromatic nitrogens is 3. The van der Waals surface area contributed by atoms with Crippen molar-refractivity contribution >= 4 is 5.97 Å². The number of rotatable bonds is 5. The standard InChI is InChI=1S/C9H16N4O2/c1-4-6(2)10-5-7-8(9(14)15-3)12-13-11-7/h6,10H,4-5H2,1-3H3,(H,11,12,13). The van der Waals surface area contributed by atoms with E-state index in [9.17, 15) is 4.79 Å². The molecule has 0 aliphatic rings. The van der Waals surface area contributed by atoms with Crippen molar-refractivity contribution in [3.05, 3.63) is 11.4 Å². The summed E-state index contributed by atoms with van der Waals surface area (Å²) in [5.74, 6) is -0.468. The Morgan fingerprint density at radius 1 is 1.60 bits per heavy atom. The summed E-state index contributed by atoms with van der Waals surface area (Å²) in [6.07, 6.45) is 1.02. The van der Waals surface area contributed by atoms with Crippen LogP contribution < -0.4 is 5.32 Å². The van der Waals surface area contributed by atoms with E-state index >= 15 is 0 Å². The molecule has 15 heavy (non-hydrogen) atoms. The summed E-state index contributed by atoms with van der Waals surface area (Å²) in [7, 11) is 1.32. The van der Waals surface area contributed by atoms with Gasteiger partial charge in [0.25, 0.3) is 0 Å². The predicted molar refractivity (Wildman–Crippen MR) is 54.3 cm³/mol. The van der Waals surface area contributed by atoms with Crippen LogP contribution in [-0.2, 0) is 11.3 Å². The van der Waals surface area contributed by atoms with Crippen LogP contribution in [0.2, 0.25) is 0 Å². The Morgan fingerprint density at radius 3 is 2.93 bits per heavy atom. The molecule has 0 aliphatic carbocycles. The fourth-order valence-corrected chi connectivity index (χ4v) is 1.05. The van der Waals surface area contributed by atoms with Crippen molar-refractivity contribution < 1.29 is 9.53 Å². The largest absolute Gasteiger partial charge is 0.464 e. The van der Waals surface area contributed by atoms with Crippen LogP contribution in [-0.4, -0.2) is 34.5 Å². The molecule has 2 N–H and O–H groups in total. The van der Waals surface area contributed by atoms with Crippen LogP contribution in [0, 0.1) is 0 Å². The molecule has 0 saturated heterocycles. The molecule has 0 amide bonds. The van der Waals surface area contributed by atoms with Crippen molar-refractivity contribution in [3.63, 3.8) is 0 Å². The quantitative estimate of drug-likeness (QED) is 0.694. The minimum absolute atomic E-state index is 0.244. The van der Waals surface area contributed by atoms with Crippen molar-refractivity contribution in [1.82, 2.24) is 20.7 Å². The smallest absolute Gasteiger partial charge is 0.360 e. The molecule has 0 bridgehead atoms. The third-order valence-electron chi connectivity index (χ3n) is 2.23. The van der Waals surface area contributed by atoms with E-state index in [1.807, 2.05) is 0 Å². The second-order valence-electron chi connectivity index (χ2n) is 3.30. The van der Waals surface area contributed by atoms with Crippen LogP contribution in [0.3, 0.4) is 0 Å². The second-order valence-corrected chi connectivity index (χ2v) is 3.30. The van der Waals surface area contributed by atoms with E-state index in [0.29, 0.717) is 18.3 Å². The number of nitrogens with zero attached hydrogens (tertiary/aromatic N) is 2. The number of methoxy groups -OCH3 is 1. The molecule has 1 unspecified atom stereocenters. The van der Waals surface area contributed by atoms with Crippen molar-refractivity contribution in [2.45, 2.75) is 32.9 Å². The minimum atomic E-state index is -0.468. The lowest BCUT2D eigenvalue weighted by Gasteiger charge is -2.09. The first-order valence-corrected chi connectivity index (χ1v) is 4.90. The first-order valence-electron chi connectivity index (χ1n) is 4.90. The molecule has 1 aromatic heterocycles. The van der Waals surface area contributed by atoms with Crippen molar-refractivity contribution in [2.24, 2.45) is 0 Å². The number of aromatic amines is 1. The Kier molecular flexibility index (Phi) is 4.23. The number of H-pyrrole nitrogens is 1. The zero-order chi connectivity index (χ0) is 11.3. The lowest BCUT2D eigenvalue weighted by atomic mass is 10.2. The molecule has 0 aliphatic heterocycles. The van der Waals surface area contributed by atoms with Gasteiger partial charge in [-0.15, -0.1) is 5.10 Å². The average Bonchev–Trinajstić information content (AvgIpc) is 2.72. The van der Waals surface area contributed by atoms with Crippen molar-refractivity contribution in [2.75, 3.05) is 7.11 Å². The molecule has 1 rings (SSSR count). The SMILES string of the molecule is CCC(C)NCc1n[nH]nc1C(=O)OC. The maximum absolute atomic E-state index is 11.2. The number of hydrogen-bond donors (Lipinski definition) is 2. The van der Waals surface area contributed by atoms with Gasteiger partial charge < -0.3 is 10.1 Å². The molecule has 0 spiro atoms. The molecule has 84 valence electrons. The summed E-state index contributed by atoms with van der Waals surface area (Å²) in [5.41, 5.74) is 0.829. The summed E-state index contributed by atoms with van der Waals surface area (Å²) in [4.78, 5) is 11.2. The Bertz CT molecular complexity index is 324. The van der Waals surface area contributed by atoms with E-state index in [0.717, 1.165) is 6.42 Å². The zero-order valence-corrected chi connectivity index (χ0v) is 9.20. The second kappa shape index (κ2) is 5.45. The Morgan fingerprint density at radius 2 is 2.33 bits per heavy atom. The van der Waals surface area contributed by atoms with Crippen LogP contribution in [0.15, 0.2) is 0 Å². The summed E-state index contributed by atoms with van der Waals surface area (Å²) in [6, 6.07) is 0.382. The molecule has 6 nitrogen and oxygen atoms in total. The minimum Gasteiger partial charge on any atom is -0.464 e. The first kappa shape index (κ1) is 11.6. The Balaban J connectivity index is 2.61. The molecule has 1 heterocycles. The lowest BCUT2D eigenvalue weighted by Crippen LogP contribution is -2.25. The Labute approximate surface area is 88.4 Å². The van der Waals surface area contributed by atoms with Gasteiger partial charge in [-0.3, -0.25) is 0 Å². The number of hydrogen-bond acceptors (Lipinski definition) is 5. The van der Waals surface area contributed by atoms with Gasteiger partial charge in [-0.05, 0) is 13.3 Å². The average molecular weight is 212 g/mol. The third-order valence-corrected chi connectivity index (χ3v) is 2.23.